The molecule has 130 valence electrons. The molecule has 1 saturated heterocycles. The second-order valence-corrected chi connectivity index (χ2v) is 6.29. The second kappa shape index (κ2) is 7.49. The van der Waals surface area contributed by atoms with Crippen molar-refractivity contribution in [1.29, 1.82) is 0 Å². The summed E-state index contributed by atoms with van der Waals surface area (Å²) in [6.07, 6.45) is 0.00238. The van der Waals surface area contributed by atoms with Gasteiger partial charge in [-0.2, -0.15) is 0 Å². The van der Waals surface area contributed by atoms with Crippen LogP contribution in [0.3, 0.4) is 0 Å². The largest absolute Gasteiger partial charge is 0.374 e. The summed E-state index contributed by atoms with van der Waals surface area (Å²) in [5.41, 5.74) is 2.35. The molecule has 0 saturated carbocycles. The van der Waals surface area contributed by atoms with Crippen LogP contribution in [0.1, 0.15) is 35.8 Å². The SMILES string of the molecule is CC(=O)Nc1ccc(C(=O)N2C[C@H](C)OC[C@@H]2c2ccccc2)cc1. The van der Waals surface area contributed by atoms with Crippen molar-refractivity contribution < 1.29 is 14.3 Å². The highest BCUT2D eigenvalue weighted by Crippen LogP contribution is 2.28. The first kappa shape index (κ1) is 17.2. The van der Waals surface area contributed by atoms with Crippen molar-refractivity contribution in [2.45, 2.75) is 26.0 Å². The molecule has 25 heavy (non-hydrogen) atoms. The molecule has 0 unspecified atom stereocenters. The molecular formula is C20H22N2O3. The summed E-state index contributed by atoms with van der Waals surface area (Å²) in [7, 11) is 0. The van der Waals surface area contributed by atoms with Crippen molar-refractivity contribution in [1.82, 2.24) is 4.90 Å². The molecule has 2 atom stereocenters. The lowest BCUT2D eigenvalue weighted by Gasteiger charge is -2.39. The van der Waals surface area contributed by atoms with E-state index in [1.807, 2.05) is 42.2 Å². The Balaban J connectivity index is 1.83. The average Bonchev–Trinajstić information content (AvgIpc) is 2.62. The Morgan fingerprint density at radius 3 is 2.40 bits per heavy atom. The topological polar surface area (TPSA) is 58.6 Å². The first-order chi connectivity index (χ1) is 12.0. The van der Waals surface area contributed by atoms with Crippen molar-refractivity contribution in [2.75, 3.05) is 18.5 Å². The van der Waals surface area contributed by atoms with Gasteiger partial charge in [0.15, 0.2) is 0 Å². The van der Waals surface area contributed by atoms with Crippen molar-refractivity contribution in [3.8, 4) is 0 Å². The van der Waals surface area contributed by atoms with Crippen LogP contribution in [0.5, 0.6) is 0 Å². The van der Waals surface area contributed by atoms with Crippen molar-refractivity contribution in [3.63, 3.8) is 0 Å². The molecule has 1 aliphatic heterocycles. The van der Waals surface area contributed by atoms with E-state index in [1.54, 1.807) is 24.3 Å². The first-order valence-corrected chi connectivity index (χ1v) is 8.40. The van der Waals surface area contributed by atoms with E-state index in [0.29, 0.717) is 24.4 Å². The van der Waals surface area contributed by atoms with Gasteiger partial charge in [0.2, 0.25) is 5.91 Å². The van der Waals surface area contributed by atoms with E-state index in [4.69, 9.17) is 4.74 Å². The molecular weight excluding hydrogens is 316 g/mol. The van der Waals surface area contributed by atoms with E-state index < -0.39 is 0 Å². The van der Waals surface area contributed by atoms with Crippen molar-refractivity contribution in [3.05, 3.63) is 65.7 Å². The average molecular weight is 338 g/mol. The van der Waals surface area contributed by atoms with Gasteiger partial charge in [-0.15, -0.1) is 0 Å². The number of hydrogen-bond donors (Lipinski definition) is 1. The molecule has 0 bridgehead atoms. The summed E-state index contributed by atoms with van der Waals surface area (Å²) in [5, 5.41) is 2.71. The van der Waals surface area contributed by atoms with Gasteiger partial charge >= 0.3 is 0 Å². The molecule has 5 heteroatoms. The number of hydrogen-bond acceptors (Lipinski definition) is 3. The molecule has 0 aliphatic carbocycles. The Hall–Kier alpha value is -2.66. The Kier molecular flexibility index (Phi) is 5.14. The Morgan fingerprint density at radius 2 is 1.76 bits per heavy atom. The molecule has 1 aliphatic rings. The zero-order valence-electron chi connectivity index (χ0n) is 14.4. The molecule has 1 N–H and O–H groups in total. The summed E-state index contributed by atoms with van der Waals surface area (Å²) < 4.78 is 5.78. The van der Waals surface area contributed by atoms with Crippen LogP contribution < -0.4 is 5.32 Å². The summed E-state index contributed by atoms with van der Waals surface area (Å²) in [6.45, 7) is 4.47. The van der Waals surface area contributed by atoms with Gasteiger partial charge in [-0.25, -0.2) is 0 Å². The minimum Gasteiger partial charge on any atom is -0.374 e. The molecule has 2 aromatic rings. The molecule has 0 aromatic heterocycles. The normalized spacial score (nSPS) is 20.2. The highest BCUT2D eigenvalue weighted by Gasteiger charge is 2.32. The number of carbonyl (C=O) groups is 2. The minimum absolute atomic E-state index is 0.00238. The van der Waals surface area contributed by atoms with Gasteiger partial charge in [-0.05, 0) is 36.8 Å². The van der Waals surface area contributed by atoms with E-state index in [1.165, 1.54) is 6.92 Å². The van der Waals surface area contributed by atoms with Crippen LogP contribution in [0.2, 0.25) is 0 Å². The van der Waals surface area contributed by atoms with Gasteiger partial charge < -0.3 is 15.0 Å². The fourth-order valence-corrected chi connectivity index (χ4v) is 3.04. The number of nitrogens with zero attached hydrogens (tertiary/aromatic N) is 1. The lowest BCUT2D eigenvalue weighted by Crippen LogP contribution is -2.46. The fourth-order valence-electron chi connectivity index (χ4n) is 3.04. The number of ether oxygens (including phenoxy) is 1. The quantitative estimate of drug-likeness (QED) is 0.934. The first-order valence-electron chi connectivity index (χ1n) is 8.40. The molecule has 2 aromatic carbocycles. The Morgan fingerprint density at radius 1 is 1.08 bits per heavy atom. The van der Waals surface area contributed by atoms with E-state index >= 15 is 0 Å². The predicted octanol–water partition coefficient (Wildman–Crippen LogP) is 3.25. The highest BCUT2D eigenvalue weighted by atomic mass is 16.5. The van der Waals surface area contributed by atoms with Gasteiger partial charge in [0.05, 0.1) is 18.8 Å². The molecule has 0 radical (unpaired) electrons. The van der Waals surface area contributed by atoms with Gasteiger partial charge in [0, 0.05) is 24.7 Å². The third kappa shape index (κ3) is 4.06. The molecule has 1 fully saturated rings. The fraction of sp³-hybridized carbons (Fsp3) is 0.300. The minimum atomic E-state index is -0.134. The number of benzene rings is 2. The predicted molar refractivity (Wildman–Crippen MR) is 96.4 cm³/mol. The van der Waals surface area contributed by atoms with Gasteiger partial charge in [-0.1, -0.05) is 30.3 Å². The number of carbonyl (C=O) groups excluding carboxylic acids is 2. The maximum absolute atomic E-state index is 13.0. The van der Waals surface area contributed by atoms with Crippen LogP contribution in [-0.4, -0.2) is 36.0 Å². The Labute approximate surface area is 147 Å². The van der Waals surface area contributed by atoms with Crippen LogP contribution >= 0.6 is 0 Å². The molecule has 0 spiro atoms. The standard InChI is InChI=1S/C20H22N2O3/c1-14-12-22(19(13-25-14)16-6-4-3-5-7-16)20(24)17-8-10-18(11-9-17)21-15(2)23/h3-11,14,19H,12-13H2,1-2H3,(H,21,23)/t14-,19+/m0/s1. The summed E-state index contributed by atoms with van der Waals surface area (Å²) >= 11 is 0. The van der Waals surface area contributed by atoms with Crippen LogP contribution in [0, 0.1) is 0 Å². The summed E-state index contributed by atoms with van der Waals surface area (Å²) in [5.74, 6) is -0.163. The van der Waals surface area contributed by atoms with E-state index in [-0.39, 0.29) is 24.0 Å². The van der Waals surface area contributed by atoms with E-state index in [2.05, 4.69) is 5.32 Å². The zero-order chi connectivity index (χ0) is 17.8. The number of rotatable bonds is 3. The smallest absolute Gasteiger partial charge is 0.254 e. The monoisotopic (exact) mass is 338 g/mol. The summed E-state index contributed by atoms with van der Waals surface area (Å²) in [6, 6.07) is 16.8. The van der Waals surface area contributed by atoms with Crippen LogP contribution in [0.4, 0.5) is 5.69 Å². The van der Waals surface area contributed by atoms with E-state index in [0.717, 1.165) is 5.56 Å². The maximum Gasteiger partial charge on any atom is 0.254 e. The third-order valence-corrected chi connectivity index (χ3v) is 4.27. The molecule has 2 amide bonds. The number of amides is 2. The molecule has 5 nitrogen and oxygen atoms in total. The molecule has 3 rings (SSSR count). The van der Waals surface area contributed by atoms with Gasteiger partial charge in [0.25, 0.3) is 5.91 Å². The number of anilines is 1. The molecule has 1 heterocycles. The van der Waals surface area contributed by atoms with Crippen LogP contribution in [0.25, 0.3) is 0 Å². The Bertz CT molecular complexity index is 743. The third-order valence-electron chi connectivity index (χ3n) is 4.27. The highest BCUT2D eigenvalue weighted by molar-refractivity contribution is 5.95. The zero-order valence-corrected chi connectivity index (χ0v) is 14.4. The second-order valence-electron chi connectivity index (χ2n) is 6.29. The van der Waals surface area contributed by atoms with Crippen LogP contribution in [-0.2, 0) is 9.53 Å². The lowest BCUT2D eigenvalue weighted by atomic mass is 10.0. The number of nitrogens with one attached hydrogen (secondary N) is 1. The summed E-state index contributed by atoms with van der Waals surface area (Å²) in [4.78, 5) is 26.0. The lowest BCUT2D eigenvalue weighted by molar-refractivity contribution is -0.114. The number of morpholine rings is 1. The maximum atomic E-state index is 13.0. The van der Waals surface area contributed by atoms with Gasteiger partial charge in [-0.3, -0.25) is 9.59 Å². The van der Waals surface area contributed by atoms with Crippen molar-refractivity contribution in [2.24, 2.45) is 0 Å². The van der Waals surface area contributed by atoms with Gasteiger partial charge in [0.1, 0.15) is 0 Å². The van der Waals surface area contributed by atoms with E-state index in [9.17, 15) is 9.59 Å². The van der Waals surface area contributed by atoms with Crippen LogP contribution in [0.15, 0.2) is 54.6 Å². The van der Waals surface area contributed by atoms with Crippen molar-refractivity contribution >= 4 is 17.5 Å².